The minimum absolute atomic E-state index is 0.578. The van der Waals surface area contributed by atoms with Crippen LogP contribution in [0.3, 0.4) is 0 Å². The molecule has 19 heavy (non-hydrogen) atoms. The predicted octanol–water partition coefficient (Wildman–Crippen LogP) is 3.39. The van der Waals surface area contributed by atoms with Crippen LogP contribution in [0.2, 0.25) is 5.02 Å². The first-order valence-corrected chi connectivity index (χ1v) is 7.84. The fraction of sp³-hybridized carbons (Fsp3) is 0.625. The summed E-state index contributed by atoms with van der Waals surface area (Å²) in [5.41, 5.74) is 2.60. The van der Waals surface area contributed by atoms with Crippen molar-refractivity contribution < 1.29 is 0 Å². The fourth-order valence-electron chi connectivity index (χ4n) is 3.29. The highest BCUT2D eigenvalue weighted by Crippen LogP contribution is 2.42. The molecule has 1 aliphatic heterocycles. The maximum atomic E-state index is 6.33. The lowest BCUT2D eigenvalue weighted by Crippen LogP contribution is -2.47. The summed E-state index contributed by atoms with van der Waals surface area (Å²) in [6.45, 7) is 6.63. The lowest BCUT2D eigenvalue weighted by molar-refractivity contribution is 0.0837. The van der Waals surface area contributed by atoms with E-state index in [1.54, 1.807) is 0 Å². The first-order chi connectivity index (χ1) is 9.25. The van der Waals surface area contributed by atoms with Crippen LogP contribution in [0.15, 0.2) is 18.2 Å². The Hall–Kier alpha value is -0.570. The Bertz CT molecular complexity index is 436. The Morgan fingerprint density at radius 3 is 2.58 bits per heavy atom. The van der Waals surface area contributed by atoms with Gasteiger partial charge < -0.3 is 5.32 Å². The minimum atomic E-state index is 0.578. The normalized spacial score (nSPS) is 23.1. The highest BCUT2D eigenvalue weighted by Gasteiger charge is 2.33. The van der Waals surface area contributed by atoms with E-state index < -0.39 is 0 Å². The summed E-state index contributed by atoms with van der Waals surface area (Å²) < 4.78 is 0. The molecule has 1 aliphatic carbocycles. The number of aryl methyl sites for hydroxylation is 1. The van der Waals surface area contributed by atoms with Gasteiger partial charge in [-0.3, -0.25) is 4.90 Å². The molecule has 104 valence electrons. The molecule has 1 N–H and O–H groups in total. The van der Waals surface area contributed by atoms with Gasteiger partial charge in [0.1, 0.15) is 0 Å². The second kappa shape index (κ2) is 5.82. The number of rotatable bonds is 3. The van der Waals surface area contributed by atoms with Crippen molar-refractivity contribution in [2.75, 3.05) is 26.2 Å². The van der Waals surface area contributed by atoms with Crippen LogP contribution in [0.25, 0.3) is 0 Å². The molecule has 1 heterocycles. The number of benzene rings is 1. The van der Waals surface area contributed by atoms with Crippen molar-refractivity contribution in [3.63, 3.8) is 0 Å². The van der Waals surface area contributed by atoms with Crippen molar-refractivity contribution in [3.05, 3.63) is 34.3 Å². The van der Waals surface area contributed by atoms with E-state index >= 15 is 0 Å². The van der Waals surface area contributed by atoms with E-state index in [0.29, 0.717) is 6.04 Å². The summed E-state index contributed by atoms with van der Waals surface area (Å²) in [6.07, 6.45) is 4.15. The van der Waals surface area contributed by atoms with Gasteiger partial charge in [-0.05, 0) is 42.9 Å². The number of hydrogen-bond donors (Lipinski definition) is 1. The Kier molecular flexibility index (Phi) is 4.11. The highest BCUT2D eigenvalue weighted by molar-refractivity contribution is 6.31. The number of nitrogens with zero attached hydrogens (tertiary/aromatic N) is 1. The predicted molar refractivity (Wildman–Crippen MR) is 80.7 cm³/mol. The van der Waals surface area contributed by atoms with Crippen molar-refractivity contribution in [1.82, 2.24) is 10.2 Å². The van der Waals surface area contributed by atoms with Crippen LogP contribution in [0.5, 0.6) is 0 Å². The van der Waals surface area contributed by atoms with Crippen LogP contribution in [0.1, 0.15) is 36.4 Å². The Morgan fingerprint density at radius 2 is 2.00 bits per heavy atom. The fourth-order valence-corrected chi connectivity index (χ4v) is 3.48. The standard InChI is InChI=1S/C16H23ClN2/c1-12-5-6-14(11-15(12)17)16(13-3-2-4-13)19-9-7-18-8-10-19/h5-6,11,13,16,18H,2-4,7-10H2,1H3/t16-/m0/s1. The van der Waals surface area contributed by atoms with E-state index in [0.717, 1.165) is 37.1 Å². The monoisotopic (exact) mass is 278 g/mol. The Balaban J connectivity index is 1.86. The van der Waals surface area contributed by atoms with Crippen LogP contribution < -0.4 is 5.32 Å². The molecular formula is C16H23ClN2. The second-order valence-corrected chi connectivity index (χ2v) is 6.34. The lowest BCUT2D eigenvalue weighted by atomic mass is 9.76. The zero-order valence-electron chi connectivity index (χ0n) is 11.7. The molecule has 1 saturated carbocycles. The van der Waals surface area contributed by atoms with Gasteiger partial charge in [-0.2, -0.15) is 0 Å². The van der Waals surface area contributed by atoms with E-state index in [1.807, 2.05) is 0 Å². The van der Waals surface area contributed by atoms with E-state index in [1.165, 1.54) is 30.4 Å². The molecule has 0 amide bonds. The first-order valence-electron chi connectivity index (χ1n) is 7.46. The number of piperazine rings is 1. The van der Waals surface area contributed by atoms with Gasteiger partial charge in [0.2, 0.25) is 0 Å². The third kappa shape index (κ3) is 2.81. The molecule has 0 radical (unpaired) electrons. The number of halogens is 1. The molecule has 1 aromatic rings. The summed E-state index contributed by atoms with van der Waals surface area (Å²) >= 11 is 6.33. The van der Waals surface area contributed by atoms with Crippen molar-refractivity contribution in [2.45, 2.75) is 32.2 Å². The van der Waals surface area contributed by atoms with Crippen LogP contribution >= 0.6 is 11.6 Å². The summed E-state index contributed by atoms with van der Waals surface area (Å²) in [7, 11) is 0. The van der Waals surface area contributed by atoms with Gasteiger partial charge in [0.05, 0.1) is 0 Å². The summed E-state index contributed by atoms with van der Waals surface area (Å²) in [4.78, 5) is 2.65. The molecular weight excluding hydrogens is 256 g/mol. The average molecular weight is 279 g/mol. The van der Waals surface area contributed by atoms with Crippen LogP contribution in [0, 0.1) is 12.8 Å². The number of nitrogens with one attached hydrogen (secondary N) is 1. The Morgan fingerprint density at radius 1 is 1.26 bits per heavy atom. The summed E-state index contributed by atoms with van der Waals surface area (Å²) in [5.74, 6) is 0.830. The molecule has 3 heteroatoms. The summed E-state index contributed by atoms with van der Waals surface area (Å²) in [5, 5.41) is 4.36. The van der Waals surface area contributed by atoms with Crippen LogP contribution in [-0.4, -0.2) is 31.1 Å². The molecule has 2 nitrogen and oxygen atoms in total. The molecule has 3 rings (SSSR count). The van der Waals surface area contributed by atoms with Crippen molar-refractivity contribution in [1.29, 1.82) is 0 Å². The summed E-state index contributed by atoms with van der Waals surface area (Å²) in [6, 6.07) is 7.23. The molecule has 1 atom stereocenters. The molecule has 2 aliphatic rings. The van der Waals surface area contributed by atoms with Crippen molar-refractivity contribution in [3.8, 4) is 0 Å². The smallest absolute Gasteiger partial charge is 0.0438 e. The highest BCUT2D eigenvalue weighted by atomic mass is 35.5. The van der Waals surface area contributed by atoms with Gasteiger partial charge in [-0.15, -0.1) is 0 Å². The second-order valence-electron chi connectivity index (χ2n) is 5.93. The topological polar surface area (TPSA) is 15.3 Å². The molecule has 0 spiro atoms. The molecule has 1 aromatic carbocycles. The van der Waals surface area contributed by atoms with Gasteiger partial charge in [0.25, 0.3) is 0 Å². The van der Waals surface area contributed by atoms with Gasteiger partial charge >= 0.3 is 0 Å². The molecule has 0 bridgehead atoms. The quantitative estimate of drug-likeness (QED) is 0.912. The van der Waals surface area contributed by atoms with E-state index in [4.69, 9.17) is 11.6 Å². The SMILES string of the molecule is Cc1ccc([C@H](C2CCC2)N2CCNCC2)cc1Cl. The molecule has 0 unspecified atom stereocenters. The van der Waals surface area contributed by atoms with Crippen LogP contribution in [0.4, 0.5) is 0 Å². The van der Waals surface area contributed by atoms with Gasteiger partial charge in [-0.1, -0.05) is 30.2 Å². The first kappa shape index (κ1) is 13.4. The van der Waals surface area contributed by atoms with Crippen molar-refractivity contribution in [2.24, 2.45) is 5.92 Å². The average Bonchev–Trinajstić information content (AvgIpc) is 2.38. The lowest BCUT2D eigenvalue weighted by Gasteiger charge is -2.43. The number of hydrogen-bond acceptors (Lipinski definition) is 2. The maximum Gasteiger partial charge on any atom is 0.0438 e. The minimum Gasteiger partial charge on any atom is -0.314 e. The third-order valence-corrected chi connectivity index (χ3v) is 5.09. The zero-order chi connectivity index (χ0) is 13.2. The molecule has 0 aromatic heterocycles. The Labute approximate surface area is 121 Å². The largest absolute Gasteiger partial charge is 0.314 e. The maximum absolute atomic E-state index is 6.33. The van der Waals surface area contributed by atoms with E-state index in [2.05, 4.69) is 35.3 Å². The van der Waals surface area contributed by atoms with Gasteiger partial charge in [-0.25, -0.2) is 0 Å². The molecule has 2 fully saturated rings. The van der Waals surface area contributed by atoms with Crippen molar-refractivity contribution >= 4 is 11.6 Å². The van der Waals surface area contributed by atoms with Gasteiger partial charge in [0.15, 0.2) is 0 Å². The molecule has 1 saturated heterocycles. The van der Waals surface area contributed by atoms with Crippen LogP contribution in [-0.2, 0) is 0 Å². The zero-order valence-corrected chi connectivity index (χ0v) is 12.4. The third-order valence-electron chi connectivity index (χ3n) is 4.68. The van der Waals surface area contributed by atoms with E-state index in [9.17, 15) is 0 Å². The van der Waals surface area contributed by atoms with E-state index in [-0.39, 0.29) is 0 Å². The van der Waals surface area contributed by atoms with Gasteiger partial charge in [0, 0.05) is 37.2 Å².